The zero-order chi connectivity index (χ0) is 5.82. The van der Waals surface area contributed by atoms with Crippen molar-refractivity contribution in [2.45, 2.75) is 12.8 Å². The second-order valence-corrected chi connectivity index (χ2v) is 2.17. The Morgan fingerprint density at radius 3 is 2.20 bits per heavy atom. The lowest BCUT2D eigenvalue weighted by Crippen LogP contribution is -2.20. The Balaban J connectivity index is 0. The van der Waals surface area contributed by atoms with Gasteiger partial charge in [-0.25, -0.2) is 0 Å². The molecule has 2 N–H and O–H groups in total. The molecule has 1 aliphatic heterocycles. The average molecular weight is 168 g/mol. The van der Waals surface area contributed by atoms with Gasteiger partial charge in [0, 0.05) is 0 Å². The maximum Gasteiger partial charge on any atom is 0.133 e. The van der Waals surface area contributed by atoms with E-state index in [9.17, 15) is 4.79 Å². The van der Waals surface area contributed by atoms with Crippen LogP contribution in [0.2, 0.25) is 0 Å². The Hall–Kier alpha value is -0.120. The number of rotatable bonds is 2. The lowest BCUT2D eigenvalue weighted by atomic mass is 10.4. The third kappa shape index (κ3) is 3.82. The molecule has 0 bridgehead atoms. The van der Waals surface area contributed by atoms with Crippen LogP contribution in [0.4, 0.5) is 0 Å². The molecular formula is C6H14ClNO2. The predicted molar refractivity (Wildman–Crippen MR) is 42.6 cm³/mol. The molecule has 1 saturated heterocycles. The molecule has 3 nitrogen and oxygen atoms in total. The fraction of sp³-hybridized carbons (Fsp3) is 0.833. The largest absolute Gasteiger partial charge is 0.412 e. The highest BCUT2D eigenvalue weighted by molar-refractivity contribution is 5.85. The number of hydrogen-bond donors (Lipinski definition) is 0. The summed E-state index contributed by atoms with van der Waals surface area (Å²) in [5, 5.41) is 0. The molecule has 0 aliphatic carbocycles. The molecule has 0 amide bonds. The highest BCUT2D eigenvalue weighted by Gasteiger charge is 2.08. The summed E-state index contributed by atoms with van der Waals surface area (Å²) in [6.07, 6.45) is 3.52. The number of aldehydes is 1. The van der Waals surface area contributed by atoms with E-state index in [1.807, 2.05) is 0 Å². The van der Waals surface area contributed by atoms with Gasteiger partial charge in [-0.15, -0.1) is 12.4 Å². The molecule has 0 radical (unpaired) electrons. The standard InChI is InChI=1S/C6H11NO.ClH.H2O/c8-6-5-7-3-1-2-4-7;;/h6H,1-5H2;1H;1H2. The molecular weight excluding hydrogens is 154 g/mol. The third-order valence-electron chi connectivity index (χ3n) is 1.53. The van der Waals surface area contributed by atoms with Gasteiger partial charge in [0.2, 0.25) is 0 Å². The molecule has 10 heavy (non-hydrogen) atoms. The number of nitrogens with zero attached hydrogens (tertiary/aromatic N) is 1. The minimum Gasteiger partial charge on any atom is -0.412 e. The Kier molecular flexibility index (Phi) is 8.77. The second kappa shape index (κ2) is 6.99. The maximum atomic E-state index is 9.92. The minimum atomic E-state index is 0. The van der Waals surface area contributed by atoms with Gasteiger partial charge in [0.05, 0.1) is 6.54 Å². The minimum absolute atomic E-state index is 0. The summed E-state index contributed by atoms with van der Waals surface area (Å²) in [6.45, 7) is 2.89. The van der Waals surface area contributed by atoms with Crippen LogP contribution in [0.25, 0.3) is 0 Å². The van der Waals surface area contributed by atoms with E-state index in [2.05, 4.69) is 4.90 Å². The van der Waals surface area contributed by atoms with Gasteiger partial charge in [-0.1, -0.05) is 0 Å². The molecule has 0 aromatic carbocycles. The van der Waals surface area contributed by atoms with Crippen molar-refractivity contribution in [2.24, 2.45) is 0 Å². The Morgan fingerprint density at radius 1 is 1.30 bits per heavy atom. The van der Waals surface area contributed by atoms with Crippen LogP contribution in [0.5, 0.6) is 0 Å². The van der Waals surface area contributed by atoms with E-state index < -0.39 is 0 Å². The van der Waals surface area contributed by atoms with Crippen molar-refractivity contribution in [1.29, 1.82) is 0 Å². The SMILES string of the molecule is Cl.O.O=CCN1CCCC1. The van der Waals surface area contributed by atoms with Crippen LogP contribution in [-0.4, -0.2) is 36.3 Å². The number of carbonyl (C=O) groups is 1. The Labute approximate surface area is 67.1 Å². The quantitative estimate of drug-likeness (QED) is 0.539. The van der Waals surface area contributed by atoms with Gasteiger partial charge in [-0.2, -0.15) is 0 Å². The van der Waals surface area contributed by atoms with Crippen LogP contribution in [0.3, 0.4) is 0 Å². The average Bonchev–Trinajstić information content (AvgIpc) is 2.19. The molecule has 1 heterocycles. The van der Waals surface area contributed by atoms with Crippen molar-refractivity contribution >= 4 is 18.7 Å². The highest BCUT2D eigenvalue weighted by Crippen LogP contribution is 2.04. The number of hydrogen-bond acceptors (Lipinski definition) is 2. The van der Waals surface area contributed by atoms with Crippen molar-refractivity contribution in [2.75, 3.05) is 19.6 Å². The van der Waals surface area contributed by atoms with Gasteiger partial charge < -0.3 is 10.3 Å². The fourth-order valence-electron chi connectivity index (χ4n) is 1.07. The Bertz CT molecular complexity index is 83.8. The molecule has 0 aromatic heterocycles. The molecule has 0 saturated carbocycles. The first-order valence-corrected chi connectivity index (χ1v) is 3.09. The number of halogens is 1. The molecule has 62 valence electrons. The molecule has 4 heteroatoms. The monoisotopic (exact) mass is 167 g/mol. The van der Waals surface area contributed by atoms with Crippen LogP contribution in [0, 0.1) is 0 Å². The summed E-state index contributed by atoms with van der Waals surface area (Å²) in [7, 11) is 0. The van der Waals surface area contributed by atoms with Gasteiger partial charge in [0.1, 0.15) is 6.29 Å². The third-order valence-corrected chi connectivity index (χ3v) is 1.53. The van der Waals surface area contributed by atoms with E-state index in [4.69, 9.17) is 0 Å². The Morgan fingerprint density at radius 2 is 1.80 bits per heavy atom. The van der Waals surface area contributed by atoms with Gasteiger partial charge in [0.25, 0.3) is 0 Å². The van der Waals surface area contributed by atoms with Gasteiger partial charge >= 0.3 is 0 Å². The summed E-state index contributed by atoms with van der Waals surface area (Å²) in [4.78, 5) is 12.1. The molecule has 0 unspecified atom stereocenters. The smallest absolute Gasteiger partial charge is 0.133 e. The lowest BCUT2D eigenvalue weighted by molar-refractivity contribution is -0.108. The van der Waals surface area contributed by atoms with Crippen molar-refractivity contribution in [3.8, 4) is 0 Å². The van der Waals surface area contributed by atoms with Crippen molar-refractivity contribution in [1.82, 2.24) is 4.90 Å². The van der Waals surface area contributed by atoms with E-state index >= 15 is 0 Å². The van der Waals surface area contributed by atoms with Crippen molar-refractivity contribution in [3.05, 3.63) is 0 Å². The molecule has 1 rings (SSSR count). The van der Waals surface area contributed by atoms with E-state index in [0.717, 1.165) is 19.4 Å². The fourth-order valence-corrected chi connectivity index (χ4v) is 1.07. The first kappa shape index (κ1) is 12.5. The summed E-state index contributed by atoms with van der Waals surface area (Å²) >= 11 is 0. The zero-order valence-corrected chi connectivity index (χ0v) is 6.69. The molecule has 1 fully saturated rings. The lowest BCUT2D eigenvalue weighted by Gasteiger charge is -2.07. The molecule has 0 atom stereocenters. The van der Waals surface area contributed by atoms with Gasteiger partial charge in [0.15, 0.2) is 0 Å². The summed E-state index contributed by atoms with van der Waals surface area (Å²) in [5.74, 6) is 0. The first-order chi connectivity index (χ1) is 3.93. The molecule has 0 spiro atoms. The van der Waals surface area contributed by atoms with E-state index in [0.29, 0.717) is 6.54 Å². The highest BCUT2D eigenvalue weighted by atomic mass is 35.5. The predicted octanol–water partition coefficient (Wildman–Crippen LogP) is -0.122. The van der Waals surface area contributed by atoms with Crippen LogP contribution >= 0.6 is 12.4 Å². The van der Waals surface area contributed by atoms with Crippen LogP contribution in [0.1, 0.15) is 12.8 Å². The molecule has 1 aliphatic rings. The topological polar surface area (TPSA) is 51.8 Å². The van der Waals surface area contributed by atoms with E-state index in [-0.39, 0.29) is 17.9 Å². The van der Waals surface area contributed by atoms with Crippen LogP contribution in [0.15, 0.2) is 0 Å². The van der Waals surface area contributed by atoms with Gasteiger partial charge in [-0.3, -0.25) is 4.90 Å². The second-order valence-electron chi connectivity index (χ2n) is 2.17. The normalized spacial score (nSPS) is 17.2. The van der Waals surface area contributed by atoms with Crippen molar-refractivity contribution < 1.29 is 10.3 Å². The summed E-state index contributed by atoms with van der Waals surface area (Å²) < 4.78 is 0. The number of likely N-dealkylation sites (tertiary alicyclic amines) is 1. The van der Waals surface area contributed by atoms with Crippen molar-refractivity contribution in [3.63, 3.8) is 0 Å². The van der Waals surface area contributed by atoms with Crippen LogP contribution in [-0.2, 0) is 4.79 Å². The van der Waals surface area contributed by atoms with Crippen LogP contribution < -0.4 is 0 Å². The van der Waals surface area contributed by atoms with Gasteiger partial charge in [-0.05, 0) is 25.9 Å². The zero-order valence-electron chi connectivity index (χ0n) is 5.88. The van der Waals surface area contributed by atoms with E-state index in [1.54, 1.807) is 0 Å². The number of carbonyl (C=O) groups excluding carboxylic acids is 1. The summed E-state index contributed by atoms with van der Waals surface area (Å²) in [6, 6.07) is 0. The molecule has 0 aromatic rings. The first-order valence-electron chi connectivity index (χ1n) is 3.09. The van der Waals surface area contributed by atoms with E-state index in [1.165, 1.54) is 12.8 Å². The maximum absolute atomic E-state index is 9.92. The summed E-state index contributed by atoms with van der Waals surface area (Å²) in [5.41, 5.74) is 0.